The quantitative estimate of drug-likeness (QED) is 0.753. The number of aliphatic hydroxyl groups excluding tert-OH is 1. The van der Waals surface area contributed by atoms with Gasteiger partial charge in [-0.25, -0.2) is 13.8 Å². The van der Waals surface area contributed by atoms with E-state index >= 15 is 0 Å². The third kappa shape index (κ3) is 2.98. The van der Waals surface area contributed by atoms with Crippen molar-refractivity contribution in [2.45, 2.75) is 19.4 Å². The number of hydrogen-bond donors (Lipinski definition) is 2. The molecule has 0 bridgehead atoms. The lowest BCUT2D eigenvalue weighted by Gasteiger charge is -2.15. The van der Waals surface area contributed by atoms with Gasteiger partial charge in [0.2, 0.25) is 0 Å². The van der Waals surface area contributed by atoms with Crippen molar-refractivity contribution in [3.8, 4) is 0 Å². The summed E-state index contributed by atoms with van der Waals surface area (Å²) in [6, 6.07) is 5.23. The average molecular weight is 319 g/mol. The summed E-state index contributed by atoms with van der Waals surface area (Å²) in [5, 5.41) is 17.1. The van der Waals surface area contributed by atoms with Crippen molar-refractivity contribution in [2.75, 3.05) is 11.9 Å². The summed E-state index contributed by atoms with van der Waals surface area (Å²) in [5.41, 5.74) is 0.430. The first-order chi connectivity index (χ1) is 11.1. The molecule has 6 nitrogen and oxygen atoms in total. The van der Waals surface area contributed by atoms with Gasteiger partial charge in [-0.3, -0.25) is 0 Å². The molecule has 0 aliphatic carbocycles. The van der Waals surface area contributed by atoms with Gasteiger partial charge in [-0.15, -0.1) is 0 Å². The van der Waals surface area contributed by atoms with Crippen LogP contribution in [0, 0.1) is 11.6 Å². The SMILES string of the molecule is CCc1cc(NCC(O)c2c(F)cccc2F)n2ncnc2n1. The lowest BCUT2D eigenvalue weighted by molar-refractivity contribution is 0.181. The Morgan fingerprint density at radius 1 is 1.30 bits per heavy atom. The molecule has 2 aromatic heterocycles. The Bertz CT molecular complexity index is 816. The van der Waals surface area contributed by atoms with Crippen LogP contribution in [0.2, 0.25) is 0 Å². The van der Waals surface area contributed by atoms with E-state index in [1.165, 1.54) is 16.9 Å². The van der Waals surface area contributed by atoms with Gasteiger partial charge < -0.3 is 10.4 Å². The fourth-order valence-electron chi connectivity index (χ4n) is 2.30. The minimum Gasteiger partial charge on any atom is -0.386 e. The van der Waals surface area contributed by atoms with Gasteiger partial charge in [0.05, 0.1) is 5.56 Å². The van der Waals surface area contributed by atoms with Crippen molar-refractivity contribution >= 4 is 11.6 Å². The van der Waals surface area contributed by atoms with Gasteiger partial charge in [-0.05, 0) is 18.6 Å². The molecule has 1 aromatic carbocycles. The van der Waals surface area contributed by atoms with Gasteiger partial charge in [0.25, 0.3) is 5.78 Å². The molecule has 0 saturated heterocycles. The second kappa shape index (κ2) is 6.25. The highest BCUT2D eigenvalue weighted by Gasteiger charge is 2.18. The molecule has 0 spiro atoms. The predicted molar refractivity (Wildman–Crippen MR) is 80.0 cm³/mol. The van der Waals surface area contributed by atoms with E-state index in [1.54, 1.807) is 6.07 Å². The number of fused-ring (bicyclic) bond motifs is 1. The van der Waals surface area contributed by atoms with E-state index in [4.69, 9.17) is 0 Å². The number of aryl methyl sites for hydroxylation is 1. The molecule has 2 N–H and O–H groups in total. The summed E-state index contributed by atoms with van der Waals surface area (Å²) in [6.45, 7) is 1.86. The van der Waals surface area contributed by atoms with Gasteiger partial charge in [0.15, 0.2) is 0 Å². The van der Waals surface area contributed by atoms with Gasteiger partial charge in [0.1, 0.15) is 29.9 Å². The third-order valence-corrected chi connectivity index (χ3v) is 3.48. The molecule has 1 atom stereocenters. The van der Waals surface area contributed by atoms with Crippen molar-refractivity contribution < 1.29 is 13.9 Å². The summed E-state index contributed by atoms with van der Waals surface area (Å²) in [5.74, 6) is -0.609. The molecule has 0 aliphatic rings. The van der Waals surface area contributed by atoms with E-state index in [9.17, 15) is 13.9 Å². The number of aromatic nitrogens is 4. The Kier molecular flexibility index (Phi) is 4.16. The van der Waals surface area contributed by atoms with Crippen molar-refractivity contribution in [3.05, 3.63) is 53.5 Å². The van der Waals surface area contributed by atoms with Crippen molar-refractivity contribution in [1.29, 1.82) is 0 Å². The smallest absolute Gasteiger partial charge is 0.254 e. The Morgan fingerprint density at radius 3 is 2.74 bits per heavy atom. The molecular formula is C15H15F2N5O. The predicted octanol–water partition coefficient (Wildman–Crippen LogP) is 2.11. The monoisotopic (exact) mass is 319 g/mol. The summed E-state index contributed by atoms with van der Waals surface area (Å²) in [6.07, 6.45) is 0.718. The summed E-state index contributed by atoms with van der Waals surface area (Å²) < 4.78 is 28.8. The number of aliphatic hydroxyl groups is 1. The van der Waals surface area contributed by atoms with Crippen molar-refractivity contribution in [2.24, 2.45) is 0 Å². The van der Waals surface area contributed by atoms with Crippen LogP contribution in [0.3, 0.4) is 0 Å². The van der Waals surface area contributed by atoms with E-state index in [-0.39, 0.29) is 12.1 Å². The zero-order chi connectivity index (χ0) is 16.4. The lowest BCUT2D eigenvalue weighted by Crippen LogP contribution is -2.17. The van der Waals surface area contributed by atoms with Gasteiger partial charge in [-0.1, -0.05) is 13.0 Å². The largest absolute Gasteiger partial charge is 0.386 e. The number of halogens is 2. The number of nitrogens with zero attached hydrogens (tertiary/aromatic N) is 4. The molecular weight excluding hydrogens is 304 g/mol. The van der Waals surface area contributed by atoms with E-state index in [0.29, 0.717) is 18.0 Å². The molecule has 3 rings (SSSR count). The van der Waals surface area contributed by atoms with Crippen molar-refractivity contribution in [1.82, 2.24) is 19.6 Å². The van der Waals surface area contributed by atoms with Crippen LogP contribution in [-0.2, 0) is 6.42 Å². The molecule has 3 aromatic rings. The van der Waals surface area contributed by atoms with E-state index in [2.05, 4.69) is 20.4 Å². The van der Waals surface area contributed by atoms with Crippen LogP contribution >= 0.6 is 0 Å². The molecule has 2 heterocycles. The van der Waals surface area contributed by atoms with Crippen molar-refractivity contribution in [3.63, 3.8) is 0 Å². The van der Waals surface area contributed by atoms with E-state index in [0.717, 1.165) is 17.8 Å². The fourth-order valence-corrected chi connectivity index (χ4v) is 2.30. The Morgan fingerprint density at radius 2 is 2.04 bits per heavy atom. The van der Waals surface area contributed by atoms with Gasteiger partial charge >= 0.3 is 0 Å². The Hall–Kier alpha value is -2.61. The zero-order valence-electron chi connectivity index (χ0n) is 12.4. The first-order valence-electron chi connectivity index (χ1n) is 7.15. The molecule has 8 heteroatoms. The topological polar surface area (TPSA) is 75.3 Å². The van der Waals surface area contributed by atoms with Crippen LogP contribution in [0.5, 0.6) is 0 Å². The molecule has 1 unspecified atom stereocenters. The molecule has 0 amide bonds. The minimum atomic E-state index is -1.34. The molecule has 23 heavy (non-hydrogen) atoms. The first-order valence-corrected chi connectivity index (χ1v) is 7.15. The highest BCUT2D eigenvalue weighted by atomic mass is 19.1. The highest BCUT2D eigenvalue weighted by molar-refractivity contribution is 5.45. The van der Waals surface area contributed by atoms with Crippen LogP contribution in [0.25, 0.3) is 5.78 Å². The standard InChI is InChI=1S/C15H15F2N5O/c1-2-9-6-13(22-15(21-9)19-8-20-22)18-7-12(23)14-10(16)4-3-5-11(14)17/h3-6,8,12,18,23H,2,7H2,1H3. The first kappa shape index (κ1) is 15.3. The Balaban J connectivity index is 1.84. The third-order valence-electron chi connectivity index (χ3n) is 3.48. The molecule has 0 radical (unpaired) electrons. The summed E-state index contributed by atoms with van der Waals surface area (Å²) >= 11 is 0. The second-order valence-corrected chi connectivity index (χ2v) is 4.99. The molecule has 0 fully saturated rings. The number of hydrogen-bond acceptors (Lipinski definition) is 5. The number of rotatable bonds is 5. The number of anilines is 1. The van der Waals surface area contributed by atoms with Gasteiger partial charge in [0, 0.05) is 18.3 Å². The minimum absolute atomic E-state index is 0.0834. The maximum absolute atomic E-state index is 13.7. The summed E-state index contributed by atoms with van der Waals surface area (Å²) in [7, 11) is 0. The van der Waals surface area contributed by atoms with Gasteiger partial charge in [-0.2, -0.15) is 14.6 Å². The normalized spacial score (nSPS) is 12.5. The number of nitrogens with one attached hydrogen (secondary N) is 1. The van der Waals surface area contributed by atoms with Crippen LogP contribution in [0.4, 0.5) is 14.6 Å². The van der Waals surface area contributed by atoms with E-state index < -0.39 is 17.7 Å². The zero-order valence-corrected chi connectivity index (χ0v) is 12.4. The molecule has 0 aliphatic heterocycles. The van der Waals surface area contributed by atoms with Crippen LogP contribution in [-0.4, -0.2) is 31.2 Å². The summed E-state index contributed by atoms with van der Waals surface area (Å²) in [4.78, 5) is 8.31. The lowest BCUT2D eigenvalue weighted by atomic mass is 10.1. The van der Waals surface area contributed by atoms with E-state index in [1.807, 2.05) is 6.92 Å². The van der Waals surface area contributed by atoms with Crippen LogP contribution < -0.4 is 5.32 Å². The average Bonchev–Trinajstić information content (AvgIpc) is 3.00. The van der Waals surface area contributed by atoms with Crippen LogP contribution in [0.1, 0.15) is 24.3 Å². The fraction of sp³-hybridized carbons (Fsp3) is 0.267. The number of benzene rings is 1. The maximum atomic E-state index is 13.7. The molecule has 0 saturated carbocycles. The highest BCUT2D eigenvalue weighted by Crippen LogP contribution is 2.21. The Labute approximate surface area is 130 Å². The molecule has 120 valence electrons. The second-order valence-electron chi connectivity index (χ2n) is 4.99. The maximum Gasteiger partial charge on any atom is 0.254 e. The van der Waals surface area contributed by atoms with Crippen LogP contribution in [0.15, 0.2) is 30.6 Å².